The first-order chi connectivity index (χ1) is 31.0. The number of aliphatic hydroxyl groups excluding tert-OH is 2. The van der Waals surface area contributed by atoms with Crippen molar-refractivity contribution in [2.24, 2.45) is 28.8 Å². The maximum atomic E-state index is 15.0. The molecule has 0 saturated carbocycles. The Morgan fingerprint density at radius 3 is 2.30 bits per heavy atom. The van der Waals surface area contributed by atoms with Gasteiger partial charge in [0.15, 0.2) is 23.9 Å². The summed E-state index contributed by atoms with van der Waals surface area (Å²) in [5, 5.41) is 34.6. The second kappa shape index (κ2) is 20.7. The predicted molar refractivity (Wildman–Crippen MR) is 242 cm³/mol. The third-order valence-corrected chi connectivity index (χ3v) is 15.5. The molecule has 0 aromatic carbocycles. The summed E-state index contributed by atoms with van der Waals surface area (Å²) < 4.78 is 56.8. The molecule has 2 aromatic rings. The average molecular weight is 949 g/mol. The Hall–Kier alpha value is -3.37. The van der Waals surface area contributed by atoms with Crippen molar-refractivity contribution in [1.82, 2.24) is 15.1 Å². The monoisotopic (exact) mass is 948 g/mol. The van der Waals surface area contributed by atoms with Gasteiger partial charge in [-0.05, 0) is 86.3 Å². The number of thiophene rings is 1. The number of hydrazone groups is 1. The van der Waals surface area contributed by atoms with Gasteiger partial charge in [-0.2, -0.15) is 10.1 Å². The molecule has 4 aliphatic heterocycles. The highest BCUT2D eigenvalue weighted by molar-refractivity contribution is 7.13. The maximum Gasteiger partial charge on any atom is 0.431 e. The highest BCUT2D eigenvalue weighted by Crippen LogP contribution is 2.45. The van der Waals surface area contributed by atoms with Gasteiger partial charge in [0.2, 0.25) is 0 Å². The number of aliphatic hydroxyl groups is 2. The Bertz CT molecular complexity index is 2000. The van der Waals surface area contributed by atoms with Crippen molar-refractivity contribution < 1.29 is 67.0 Å². The van der Waals surface area contributed by atoms with Crippen LogP contribution in [0.15, 0.2) is 33.2 Å². The molecule has 0 radical (unpaired) electrons. The highest BCUT2D eigenvalue weighted by atomic mass is 32.1. The van der Waals surface area contributed by atoms with E-state index in [0.717, 1.165) is 9.89 Å². The zero-order chi connectivity index (χ0) is 48.6. The van der Waals surface area contributed by atoms with Crippen molar-refractivity contribution in [2.75, 3.05) is 28.3 Å². The van der Waals surface area contributed by atoms with Crippen LogP contribution in [0.3, 0.4) is 0 Å². The van der Waals surface area contributed by atoms with Gasteiger partial charge in [0.25, 0.3) is 0 Å². The zero-order valence-corrected chi connectivity index (χ0v) is 41.7. The van der Waals surface area contributed by atoms with Crippen molar-refractivity contribution in [2.45, 2.75) is 179 Å². The topological polar surface area (TPSA) is 210 Å². The van der Waals surface area contributed by atoms with E-state index in [4.69, 9.17) is 42.4 Å². The number of cyclic esters (lactones) is 1. The fourth-order valence-electron chi connectivity index (χ4n) is 10.6. The molecule has 6 rings (SSSR count). The van der Waals surface area contributed by atoms with Gasteiger partial charge in [-0.15, -0.1) is 11.3 Å². The largest absolute Gasteiger partial charge is 0.458 e. The minimum atomic E-state index is -1.58. The molecule has 2 aromatic heterocycles. The van der Waals surface area contributed by atoms with E-state index in [-0.39, 0.29) is 37.2 Å². The predicted octanol–water partition coefficient (Wildman–Crippen LogP) is 5.66. The van der Waals surface area contributed by atoms with Crippen LogP contribution >= 0.6 is 11.3 Å². The Kier molecular flexibility index (Phi) is 16.3. The molecule has 0 spiro atoms. The summed E-state index contributed by atoms with van der Waals surface area (Å²) in [5.74, 6) is -3.83. The molecule has 4 saturated heterocycles. The molecule has 0 aliphatic carbocycles. The number of nitrogens with zero attached hydrogens (tertiary/aromatic N) is 4. The van der Waals surface area contributed by atoms with Gasteiger partial charge in [-0.3, -0.25) is 9.59 Å². The quantitative estimate of drug-likeness (QED) is 0.206. The lowest BCUT2D eigenvalue weighted by atomic mass is 9.73. The van der Waals surface area contributed by atoms with E-state index in [1.165, 1.54) is 31.8 Å². The van der Waals surface area contributed by atoms with Gasteiger partial charge < -0.3 is 57.5 Å². The number of fused-ring (bicyclic) bond motifs is 1. The second-order valence-electron chi connectivity index (χ2n) is 19.6. The number of aromatic nitrogens is 1. The number of methoxy groups -OCH3 is 2. The van der Waals surface area contributed by atoms with E-state index in [1.54, 1.807) is 54.5 Å². The number of carbonyl (C=O) groups excluding carboxylic acids is 3. The van der Waals surface area contributed by atoms with Gasteiger partial charge in [-0.25, -0.2) is 4.79 Å². The molecule has 370 valence electrons. The number of rotatable bonds is 11. The molecular formula is C47H72N4O14S. The second-order valence-corrected chi connectivity index (χ2v) is 20.6. The number of hydrogen-bond donors (Lipinski definition) is 2. The Balaban J connectivity index is 1.44. The van der Waals surface area contributed by atoms with Gasteiger partial charge >= 0.3 is 12.1 Å². The third-order valence-electron chi connectivity index (χ3n) is 14.6. The number of ketones is 1. The molecule has 18 atom stereocenters. The lowest BCUT2D eigenvalue weighted by Gasteiger charge is -2.50. The van der Waals surface area contributed by atoms with E-state index < -0.39 is 108 Å². The van der Waals surface area contributed by atoms with E-state index >= 15 is 4.79 Å². The Morgan fingerprint density at radius 2 is 1.68 bits per heavy atom. The highest BCUT2D eigenvalue weighted by Gasteiger charge is 2.61. The number of ether oxygens (including phenoxy) is 8. The summed E-state index contributed by atoms with van der Waals surface area (Å²) in [6.07, 6.45) is -6.81. The number of Topliss-reactive ketones (excluding diaryl/α,β-unsaturated/α-hetero) is 1. The van der Waals surface area contributed by atoms with Crippen LogP contribution in [0.2, 0.25) is 0 Å². The van der Waals surface area contributed by atoms with Gasteiger partial charge in [-0.1, -0.05) is 38.9 Å². The lowest BCUT2D eigenvalue weighted by molar-refractivity contribution is -0.319. The van der Waals surface area contributed by atoms with Crippen LogP contribution in [-0.4, -0.2) is 162 Å². The van der Waals surface area contributed by atoms with Crippen molar-refractivity contribution in [3.05, 3.63) is 29.3 Å². The first-order valence-corrected chi connectivity index (χ1v) is 24.0. The van der Waals surface area contributed by atoms with E-state index in [0.29, 0.717) is 17.9 Å². The van der Waals surface area contributed by atoms with Gasteiger partial charge in [0.1, 0.15) is 35.8 Å². The van der Waals surface area contributed by atoms with Crippen molar-refractivity contribution in [1.29, 1.82) is 0 Å². The minimum absolute atomic E-state index is 0.0940. The number of amides is 1. The van der Waals surface area contributed by atoms with E-state index in [9.17, 15) is 19.8 Å². The minimum Gasteiger partial charge on any atom is -0.458 e. The number of esters is 1. The van der Waals surface area contributed by atoms with Crippen LogP contribution in [0.4, 0.5) is 4.79 Å². The lowest BCUT2D eigenvalue weighted by Crippen LogP contribution is -2.61. The first kappa shape index (κ1) is 52.0. The zero-order valence-electron chi connectivity index (χ0n) is 40.9. The number of carbonyl (C=O) groups is 3. The molecule has 0 bridgehead atoms. The van der Waals surface area contributed by atoms with Crippen LogP contribution < -0.4 is 0 Å². The Morgan fingerprint density at radius 1 is 0.985 bits per heavy atom. The fraction of sp³-hybridized carbons (Fsp3) is 0.766. The van der Waals surface area contributed by atoms with Crippen molar-refractivity contribution in [3.63, 3.8) is 0 Å². The smallest absolute Gasteiger partial charge is 0.431 e. The average Bonchev–Trinajstić information content (AvgIpc) is 4.04. The molecule has 66 heavy (non-hydrogen) atoms. The first-order valence-electron chi connectivity index (χ1n) is 23.1. The molecule has 9 unspecified atom stereocenters. The number of likely N-dealkylation sites (N-methyl/N-ethyl adjacent to an activating group) is 1. The van der Waals surface area contributed by atoms with Crippen molar-refractivity contribution >= 4 is 35.4 Å². The van der Waals surface area contributed by atoms with E-state index in [2.05, 4.69) is 10.3 Å². The van der Waals surface area contributed by atoms with Crippen LogP contribution in [0, 0.1) is 23.7 Å². The molecule has 19 heteroatoms. The van der Waals surface area contributed by atoms with Crippen LogP contribution in [0.5, 0.6) is 0 Å². The SMILES string of the molecule is CC[C@H]1OC(=O)[C@H](C)C(OC2CC(C)(OC)C(O)C(C)O2)[C@H](C)[C@@H](OC2OC(C)CC(N(C)C)C2O)[C@](C)(OC)C[C@@H](C)C(=O)[C@H](C)[C@H]2N(/N=C/c3cc(-c4cccs4)on3)C(=O)O[C@]12C. The maximum absolute atomic E-state index is 15.0. The van der Waals surface area contributed by atoms with E-state index in [1.807, 2.05) is 57.3 Å². The summed E-state index contributed by atoms with van der Waals surface area (Å²) in [5.41, 5.74) is -3.61. The molecule has 1 amide bonds. The number of hydrogen-bond acceptors (Lipinski definition) is 18. The molecule has 18 nitrogen and oxygen atoms in total. The van der Waals surface area contributed by atoms with Crippen LogP contribution in [-0.2, 0) is 47.5 Å². The van der Waals surface area contributed by atoms with Crippen LogP contribution in [0.25, 0.3) is 10.6 Å². The summed E-state index contributed by atoms with van der Waals surface area (Å²) in [6, 6.07) is 4.10. The molecule has 4 fully saturated rings. The summed E-state index contributed by atoms with van der Waals surface area (Å²) in [7, 11) is 6.80. The normalized spacial score (nSPS) is 42.0. The van der Waals surface area contributed by atoms with Gasteiger partial charge in [0, 0.05) is 50.5 Å². The van der Waals surface area contributed by atoms with Gasteiger partial charge in [0.05, 0.1) is 52.6 Å². The molecule has 2 N–H and O–H groups in total. The molecule has 4 aliphatic rings. The molecular weight excluding hydrogens is 877 g/mol. The third kappa shape index (κ3) is 10.3. The summed E-state index contributed by atoms with van der Waals surface area (Å²) in [6.45, 7) is 17.8. The molecule has 6 heterocycles. The Labute approximate surface area is 392 Å². The van der Waals surface area contributed by atoms with Crippen molar-refractivity contribution in [3.8, 4) is 10.6 Å². The fourth-order valence-corrected chi connectivity index (χ4v) is 11.3. The van der Waals surface area contributed by atoms with Crippen LogP contribution in [0.1, 0.15) is 101 Å². The standard InChI is InChI=1S/C47H72N4O14S/c1-15-34-47(10)39(51(44(56)64-47)48-23-30-20-32(65-49-30)33-17-16-18-66-33)26(4)36(52)24(2)21-46(9,58-14)41(63-43-37(53)31(50(11)12)19-25(3)59-43)27(5)38(28(6)42(55)61-34)62-35-22-45(8,57-13)40(54)29(7)60-35/h16-18,20,23-29,31,34-35,37-41,43,53-54H,15,19,21-22H2,1-14H3/b48-23+/t24-,25?,26+,27+,28-,29?,31?,34-,35?,37?,38?,39-,40?,41-,43?,45?,46-,47-/m1/s1. The summed E-state index contributed by atoms with van der Waals surface area (Å²) >= 11 is 1.48. The summed E-state index contributed by atoms with van der Waals surface area (Å²) in [4.78, 5) is 46.7.